The van der Waals surface area contributed by atoms with Crippen LogP contribution in [0.5, 0.6) is 0 Å². The zero-order chi connectivity index (χ0) is 13.8. The largest absolute Gasteiger partial charge is 0.299 e. The Kier molecular flexibility index (Phi) is 4.25. The Morgan fingerprint density at radius 1 is 1.16 bits per heavy atom. The third-order valence-corrected chi connectivity index (χ3v) is 3.46. The third-order valence-electron chi connectivity index (χ3n) is 3.46. The molecule has 0 amide bonds. The highest BCUT2D eigenvalue weighted by atomic mass is 16.1. The zero-order valence-electron chi connectivity index (χ0n) is 12.0. The van der Waals surface area contributed by atoms with Gasteiger partial charge in [0.2, 0.25) is 0 Å². The number of hydrogen-bond donors (Lipinski definition) is 1. The lowest BCUT2D eigenvalue weighted by molar-refractivity contribution is 0.552. The van der Waals surface area contributed by atoms with Crippen molar-refractivity contribution in [3.05, 3.63) is 45.9 Å². The molecule has 0 unspecified atom stereocenters. The predicted molar refractivity (Wildman–Crippen MR) is 79.5 cm³/mol. The monoisotopic (exact) mass is 258 g/mol. The van der Waals surface area contributed by atoms with Crippen molar-refractivity contribution < 1.29 is 0 Å². The predicted octanol–water partition coefficient (Wildman–Crippen LogP) is 3.51. The van der Waals surface area contributed by atoms with Crippen LogP contribution >= 0.6 is 0 Å². The van der Waals surface area contributed by atoms with Crippen molar-refractivity contribution in [3.63, 3.8) is 0 Å². The molecule has 0 saturated carbocycles. The number of benzene rings is 1. The van der Waals surface area contributed by atoms with Crippen molar-refractivity contribution in [1.82, 2.24) is 9.78 Å². The van der Waals surface area contributed by atoms with E-state index < -0.39 is 0 Å². The van der Waals surface area contributed by atoms with E-state index in [4.69, 9.17) is 0 Å². The first-order valence-corrected chi connectivity index (χ1v) is 7.06. The summed E-state index contributed by atoms with van der Waals surface area (Å²) in [7, 11) is 0. The number of aromatic nitrogens is 2. The zero-order valence-corrected chi connectivity index (χ0v) is 12.0. The van der Waals surface area contributed by atoms with Gasteiger partial charge in [-0.25, -0.2) is 0 Å². The fourth-order valence-electron chi connectivity index (χ4n) is 2.28. The number of aryl methyl sites for hydroxylation is 3. The van der Waals surface area contributed by atoms with Crippen molar-refractivity contribution in [2.24, 2.45) is 0 Å². The maximum absolute atomic E-state index is 12.5. The molecule has 0 aliphatic heterocycles. The highest BCUT2D eigenvalue weighted by molar-refractivity contribution is 5.65. The van der Waals surface area contributed by atoms with Gasteiger partial charge in [-0.05, 0) is 25.3 Å². The van der Waals surface area contributed by atoms with Gasteiger partial charge in [-0.2, -0.15) is 0 Å². The van der Waals surface area contributed by atoms with Crippen LogP contribution < -0.4 is 5.56 Å². The Morgan fingerprint density at radius 2 is 1.84 bits per heavy atom. The Labute approximate surface area is 114 Å². The lowest BCUT2D eigenvalue weighted by Crippen LogP contribution is -2.17. The smallest absolute Gasteiger partial charge is 0.274 e. The summed E-state index contributed by atoms with van der Waals surface area (Å²) in [4.78, 5) is 12.5. The van der Waals surface area contributed by atoms with E-state index in [9.17, 15) is 4.79 Å². The van der Waals surface area contributed by atoms with Crippen LogP contribution in [-0.4, -0.2) is 9.78 Å². The average molecular weight is 258 g/mol. The normalized spacial score (nSPS) is 10.9. The average Bonchev–Trinajstić information content (AvgIpc) is 2.74. The van der Waals surface area contributed by atoms with Crippen LogP contribution in [0.15, 0.2) is 29.1 Å². The SMILES string of the molecule is CCCCn1[nH]c(CC)c(-c2ccc(C)cc2)c1=O. The highest BCUT2D eigenvalue weighted by Crippen LogP contribution is 2.20. The van der Waals surface area contributed by atoms with Gasteiger partial charge in [0.05, 0.1) is 5.56 Å². The summed E-state index contributed by atoms with van der Waals surface area (Å²) >= 11 is 0. The molecule has 3 heteroatoms. The van der Waals surface area contributed by atoms with Crippen molar-refractivity contribution in [2.45, 2.75) is 46.6 Å². The molecule has 102 valence electrons. The van der Waals surface area contributed by atoms with Gasteiger partial charge in [0.1, 0.15) is 0 Å². The molecule has 2 aromatic rings. The number of nitrogens with zero attached hydrogens (tertiary/aromatic N) is 1. The molecule has 19 heavy (non-hydrogen) atoms. The summed E-state index contributed by atoms with van der Waals surface area (Å²) in [6, 6.07) is 8.17. The minimum atomic E-state index is 0.106. The lowest BCUT2D eigenvalue weighted by atomic mass is 10.0. The molecule has 0 atom stereocenters. The molecule has 0 spiro atoms. The first-order valence-electron chi connectivity index (χ1n) is 7.06. The van der Waals surface area contributed by atoms with Gasteiger partial charge in [0.25, 0.3) is 5.56 Å². The van der Waals surface area contributed by atoms with Crippen molar-refractivity contribution >= 4 is 0 Å². The molecule has 3 nitrogen and oxygen atoms in total. The second-order valence-electron chi connectivity index (χ2n) is 5.00. The Bertz CT molecular complexity index is 590. The topological polar surface area (TPSA) is 37.8 Å². The van der Waals surface area contributed by atoms with E-state index >= 15 is 0 Å². The van der Waals surface area contributed by atoms with E-state index in [0.717, 1.165) is 42.6 Å². The number of unbranched alkanes of at least 4 members (excludes halogenated alkanes) is 1. The summed E-state index contributed by atoms with van der Waals surface area (Å²) in [5.41, 5.74) is 4.19. The first kappa shape index (κ1) is 13.7. The van der Waals surface area contributed by atoms with E-state index in [0.29, 0.717) is 0 Å². The maximum atomic E-state index is 12.5. The summed E-state index contributed by atoms with van der Waals surface area (Å²) < 4.78 is 1.75. The number of H-pyrrole nitrogens is 1. The maximum Gasteiger partial charge on any atom is 0.274 e. The number of aromatic amines is 1. The van der Waals surface area contributed by atoms with Gasteiger partial charge >= 0.3 is 0 Å². The number of rotatable bonds is 5. The van der Waals surface area contributed by atoms with Crippen LogP contribution in [0.1, 0.15) is 37.9 Å². The first-order chi connectivity index (χ1) is 9.17. The summed E-state index contributed by atoms with van der Waals surface area (Å²) in [6.07, 6.45) is 2.96. The molecule has 0 aliphatic carbocycles. The molecule has 2 rings (SSSR count). The van der Waals surface area contributed by atoms with Gasteiger partial charge < -0.3 is 0 Å². The molecule has 0 aliphatic rings. The van der Waals surface area contributed by atoms with E-state index in [1.165, 1.54) is 5.56 Å². The second-order valence-corrected chi connectivity index (χ2v) is 5.00. The van der Waals surface area contributed by atoms with Crippen LogP contribution in [0, 0.1) is 6.92 Å². The number of hydrogen-bond acceptors (Lipinski definition) is 1. The van der Waals surface area contributed by atoms with Gasteiger partial charge in [-0.15, -0.1) is 0 Å². The summed E-state index contributed by atoms with van der Waals surface area (Å²) in [6.45, 7) is 7.04. The van der Waals surface area contributed by atoms with Crippen molar-refractivity contribution in [1.29, 1.82) is 0 Å². The standard InChI is InChI=1S/C16H22N2O/c1-4-6-11-18-16(19)15(14(5-2)17-18)13-9-7-12(3)8-10-13/h7-10,17H,4-6,11H2,1-3H3. The Morgan fingerprint density at radius 3 is 2.42 bits per heavy atom. The van der Waals surface area contributed by atoms with Gasteiger partial charge in [0.15, 0.2) is 0 Å². The van der Waals surface area contributed by atoms with Gasteiger partial charge in [-0.3, -0.25) is 14.6 Å². The van der Waals surface area contributed by atoms with Gasteiger partial charge in [0, 0.05) is 12.2 Å². The second kappa shape index (κ2) is 5.91. The van der Waals surface area contributed by atoms with E-state index in [1.54, 1.807) is 4.68 Å². The molecule has 1 heterocycles. The molecule has 1 aromatic heterocycles. The van der Waals surface area contributed by atoms with Crippen LogP contribution in [0.25, 0.3) is 11.1 Å². The fraction of sp³-hybridized carbons (Fsp3) is 0.438. The Balaban J connectivity index is 2.46. The molecule has 1 aromatic carbocycles. The van der Waals surface area contributed by atoms with Crippen molar-refractivity contribution in [3.8, 4) is 11.1 Å². The quantitative estimate of drug-likeness (QED) is 0.875. The van der Waals surface area contributed by atoms with Crippen LogP contribution in [0.2, 0.25) is 0 Å². The third kappa shape index (κ3) is 2.80. The fourth-order valence-corrected chi connectivity index (χ4v) is 2.28. The minimum Gasteiger partial charge on any atom is -0.299 e. The van der Waals surface area contributed by atoms with Crippen LogP contribution in [0.3, 0.4) is 0 Å². The number of nitrogens with one attached hydrogen (secondary N) is 1. The molecule has 0 saturated heterocycles. The van der Waals surface area contributed by atoms with Gasteiger partial charge in [-0.1, -0.05) is 50.1 Å². The lowest BCUT2D eigenvalue weighted by Gasteiger charge is -2.00. The van der Waals surface area contributed by atoms with E-state index in [-0.39, 0.29) is 5.56 Å². The van der Waals surface area contributed by atoms with Crippen molar-refractivity contribution in [2.75, 3.05) is 0 Å². The molecule has 0 radical (unpaired) electrons. The summed E-state index contributed by atoms with van der Waals surface area (Å²) in [5, 5.41) is 3.25. The summed E-state index contributed by atoms with van der Waals surface area (Å²) in [5.74, 6) is 0. The minimum absolute atomic E-state index is 0.106. The molecular formula is C16H22N2O. The van der Waals surface area contributed by atoms with E-state index in [2.05, 4.69) is 38.0 Å². The molecular weight excluding hydrogens is 236 g/mol. The molecule has 0 fully saturated rings. The highest BCUT2D eigenvalue weighted by Gasteiger charge is 2.14. The Hall–Kier alpha value is -1.77. The van der Waals surface area contributed by atoms with Crippen LogP contribution in [0.4, 0.5) is 0 Å². The molecule has 1 N–H and O–H groups in total. The van der Waals surface area contributed by atoms with E-state index in [1.807, 2.05) is 12.1 Å². The molecule has 0 bridgehead atoms. The van der Waals surface area contributed by atoms with Crippen LogP contribution in [-0.2, 0) is 13.0 Å².